The molecular weight excluding hydrogens is 332 g/mol. The van der Waals surface area contributed by atoms with Crippen molar-refractivity contribution < 1.29 is 9.53 Å². The number of ether oxygens (including phenoxy) is 1. The van der Waals surface area contributed by atoms with Gasteiger partial charge in [-0.15, -0.1) is 11.3 Å². The molecule has 0 fully saturated rings. The number of benzene rings is 2. The van der Waals surface area contributed by atoms with Crippen LogP contribution in [0.4, 0.5) is 5.69 Å². The Bertz CT molecular complexity index is 882. The summed E-state index contributed by atoms with van der Waals surface area (Å²) in [6.45, 7) is 6.38. The van der Waals surface area contributed by atoms with Gasteiger partial charge in [0.25, 0.3) is 5.91 Å². The van der Waals surface area contributed by atoms with Gasteiger partial charge >= 0.3 is 0 Å². The molecule has 0 saturated carbocycles. The van der Waals surface area contributed by atoms with Gasteiger partial charge in [0.15, 0.2) is 0 Å². The molecule has 3 aromatic rings. The number of thiazole rings is 1. The summed E-state index contributed by atoms with van der Waals surface area (Å²) < 4.78 is 5.75. The van der Waals surface area contributed by atoms with Gasteiger partial charge in [-0.2, -0.15) is 0 Å². The molecule has 0 atom stereocenters. The van der Waals surface area contributed by atoms with Crippen LogP contribution in [0.2, 0.25) is 0 Å². The zero-order chi connectivity index (χ0) is 17.8. The van der Waals surface area contributed by atoms with E-state index in [-0.39, 0.29) is 5.91 Å². The highest BCUT2D eigenvalue weighted by Crippen LogP contribution is 2.19. The predicted octanol–water partition coefficient (Wildman–Crippen LogP) is 4.90. The molecule has 0 bridgehead atoms. The maximum absolute atomic E-state index is 12.5. The number of hydrogen-bond donors (Lipinski definition) is 1. The molecule has 3 rings (SSSR count). The molecule has 25 heavy (non-hydrogen) atoms. The lowest BCUT2D eigenvalue weighted by atomic mass is 10.1. The highest BCUT2D eigenvalue weighted by atomic mass is 32.1. The number of anilines is 1. The van der Waals surface area contributed by atoms with Crippen LogP contribution >= 0.6 is 11.3 Å². The molecular formula is C20H20N2O2S. The number of aromatic nitrogens is 1. The fraction of sp³-hybridized carbons (Fsp3) is 0.200. The Labute approximate surface area is 151 Å². The van der Waals surface area contributed by atoms with Gasteiger partial charge in [0.1, 0.15) is 12.4 Å². The summed E-state index contributed by atoms with van der Waals surface area (Å²) in [6, 6.07) is 13.2. The number of nitrogens with one attached hydrogen (secondary N) is 1. The molecule has 4 nitrogen and oxygen atoms in total. The van der Waals surface area contributed by atoms with Crippen molar-refractivity contribution in [3.8, 4) is 5.75 Å². The number of aryl methyl sites for hydroxylation is 3. The predicted molar refractivity (Wildman–Crippen MR) is 101 cm³/mol. The van der Waals surface area contributed by atoms with E-state index in [0.29, 0.717) is 17.9 Å². The van der Waals surface area contributed by atoms with Gasteiger partial charge in [-0.1, -0.05) is 12.1 Å². The molecule has 1 amide bonds. The minimum atomic E-state index is -0.153. The van der Waals surface area contributed by atoms with Crippen LogP contribution in [0.1, 0.15) is 32.2 Å². The number of carbonyl (C=O) groups is 1. The highest BCUT2D eigenvalue weighted by Gasteiger charge is 2.08. The maximum Gasteiger partial charge on any atom is 0.255 e. The molecule has 5 heteroatoms. The van der Waals surface area contributed by atoms with Gasteiger partial charge in [0.2, 0.25) is 0 Å². The van der Waals surface area contributed by atoms with Gasteiger partial charge in [-0.05, 0) is 62.2 Å². The first kappa shape index (κ1) is 17.2. The zero-order valence-electron chi connectivity index (χ0n) is 14.5. The van der Waals surface area contributed by atoms with E-state index in [1.165, 1.54) is 0 Å². The van der Waals surface area contributed by atoms with Crippen molar-refractivity contribution in [3.05, 3.63) is 75.2 Å². The number of rotatable bonds is 5. The first-order valence-electron chi connectivity index (χ1n) is 8.03. The number of carbonyl (C=O) groups excluding carboxylic acids is 1. The number of nitrogens with zero attached hydrogens (tertiary/aromatic N) is 1. The third kappa shape index (κ3) is 4.67. The third-order valence-electron chi connectivity index (χ3n) is 3.63. The van der Waals surface area contributed by atoms with Crippen molar-refractivity contribution in [2.75, 3.05) is 5.32 Å². The minimum Gasteiger partial charge on any atom is -0.487 e. The van der Waals surface area contributed by atoms with Crippen LogP contribution in [0, 0.1) is 20.8 Å². The topological polar surface area (TPSA) is 51.2 Å². The molecule has 1 N–H and O–H groups in total. The average molecular weight is 352 g/mol. The van der Waals surface area contributed by atoms with Gasteiger partial charge < -0.3 is 10.1 Å². The Morgan fingerprint density at radius 3 is 2.56 bits per heavy atom. The van der Waals surface area contributed by atoms with Gasteiger partial charge in [-0.3, -0.25) is 4.79 Å². The third-order valence-corrected chi connectivity index (χ3v) is 4.45. The van der Waals surface area contributed by atoms with Gasteiger partial charge in [-0.25, -0.2) is 4.98 Å². The number of amides is 1. The van der Waals surface area contributed by atoms with E-state index in [4.69, 9.17) is 4.74 Å². The standard InChI is InChI=1S/C20H20N2O2S/c1-13-7-14(2)9-17(8-13)22-20(23)16-5-4-6-19(10-16)24-11-18-12-25-15(3)21-18/h4-10,12H,11H2,1-3H3,(H,22,23). The summed E-state index contributed by atoms with van der Waals surface area (Å²) in [5.41, 5.74) is 4.49. The van der Waals surface area contributed by atoms with Crippen molar-refractivity contribution in [1.29, 1.82) is 0 Å². The lowest BCUT2D eigenvalue weighted by Gasteiger charge is -2.09. The molecule has 0 spiro atoms. The second kappa shape index (κ2) is 7.49. The molecule has 1 aromatic heterocycles. The molecule has 2 aromatic carbocycles. The molecule has 0 radical (unpaired) electrons. The molecule has 0 aliphatic heterocycles. The molecule has 0 aliphatic carbocycles. The Morgan fingerprint density at radius 2 is 1.88 bits per heavy atom. The van der Waals surface area contributed by atoms with E-state index in [9.17, 15) is 4.79 Å². The minimum absolute atomic E-state index is 0.153. The summed E-state index contributed by atoms with van der Waals surface area (Å²) >= 11 is 1.60. The molecule has 0 unspecified atom stereocenters. The smallest absolute Gasteiger partial charge is 0.255 e. The van der Waals surface area contributed by atoms with Crippen LogP contribution in [0.3, 0.4) is 0 Å². The van der Waals surface area contributed by atoms with Crippen LogP contribution in [0.25, 0.3) is 0 Å². The van der Waals surface area contributed by atoms with Crippen LogP contribution < -0.4 is 10.1 Å². The molecule has 0 aliphatic rings. The normalized spacial score (nSPS) is 10.5. The van der Waals surface area contributed by atoms with Crippen LogP contribution in [-0.2, 0) is 6.61 Å². The summed E-state index contributed by atoms with van der Waals surface area (Å²) in [6.07, 6.45) is 0. The highest BCUT2D eigenvalue weighted by molar-refractivity contribution is 7.09. The molecule has 0 saturated heterocycles. The van der Waals surface area contributed by atoms with Crippen LogP contribution in [-0.4, -0.2) is 10.9 Å². The fourth-order valence-corrected chi connectivity index (χ4v) is 3.21. The largest absolute Gasteiger partial charge is 0.487 e. The van der Waals surface area contributed by atoms with E-state index in [1.54, 1.807) is 23.5 Å². The van der Waals surface area contributed by atoms with E-state index in [1.807, 2.05) is 50.4 Å². The van der Waals surface area contributed by atoms with E-state index < -0.39 is 0 Å². The first-order chi connectivity index (χ1) is 12.0. The fourth-order valence-electron chi connectivity index (χ4n) is 2.61. The summed E-state index contributed by atoms with van der Waals surface area (Å²) in [5.74, 6) is 0.499. The van der Waals surface area contributed by atoms with Crippen molar-refractivity contribution in [2.24, 2.45) is 0 Å². The second-order valence-electron chi connectivity index (χ2n) is 6.00. The van der Waals surface area contributed by atoms with E-state index >= 15 is 0 Å². The zero-order valence-corrected chi connectivity index (χ0v) is 15.3. The SMILES string of the molecule is Cc1cc(C)cc(NC(=O)c2cccc(OCc3csc(C)n3)c2)c1. The van der Waals surface area contributed by atoms with E-state index in [0.717, 1.165) is 27.5 Å². The maximum atomic E-state index is 12.5. The second-order valence-corrected chi connectivity index (χ2v) is 7.07. The van der Waals surface area contributed by atoms with Crippen LogP contribution in [0.15, 0.2) is 47.8 Å². The van der Waals surface area contributed by atoms with Crippen molar-refractivity contribution in [1.82, 2.24) is 4.98 Å². The Kier molecular flexibility index (Phi) is 5.14. The van der Waals surface area contributed by atoms with Crippen molar-refractivity contribution in [2.45, 2.75) is 27.4 Å². The lowest BCUT2D eigenvalue weighted by Crippen LogP contribution is -2.12. The monoisotopic (exact) mass is 352 g/mol. The Balaban J connectivity index is 1.68. The molecule has 128 valence electrons. The Morgan fingerprint density at radius 1 is 1.12 bits per heavy atom. The van der Waals surface area contributed by atoms with Crippen LogP contribution in [0.5, 0.6) is 5.75 Å². The van der Waals surface area contributed by atoms with Crippen molar-refractivity contribution >= 4 is 22.9 Å². The summed E-state index contributed by atoms with van der Waals surface area (Å²) in [5, 5.41) is 5.93. The summed E-state index contributed by atoms with van der Waals surface area (Å²) in [7, 11) is 0. The quantitative estimate of drug-likeness (QED) is 0.710. The average Bonchev–Trinajstić information content (AvgIpc) is 2.98. The lowest BCUT2D eigenvalue weighted by molar-refractivity contribution is 0.102. The first-order valence-corrected chi connectivity index (χ1v) is 8.91. The number of hydrogen-bond acceptors (Lipinski definition) is 4. The van der Waals surface area contributed by atoms with E-state index in [2.05, 4.69) is 16.4 Å². The van der Waals surface area contributed by atoms with Gasteiger partial charge in [0.05, 0.1) is 10.7 Å². The summed E-state index contributed by atoms with van der Waals surface area (Å²) in [4.78, 5) is 16.9. The molecule has 1 heterocycles. The van der Waals surface area contributed by atoms with Crippen molar-refractivity contribution in [3.63, 3.8) is 0 Å². The van der Waals surface area contributed by atoms with Gasteiger partial charge in [0, 0.05) is 16.6 Å². The Hall–Kier alpha value is -2.66.